The van der Waals surface area contributed by atoms with Crippen LogP contribution in [0.4, 0.5) is 0 Å². The van der Waals surface area contributed by atoms with Gasteiger partial charge in [-0.2, -0.15) is 0 Å². The standard InChI is InChI=1S/C10H16O5.Na/c1-3-14-9(12)6-5-8(7-11)10(13)15-4-2;/h7-8H,3-6H2,1-2H3;. The molecule has 0 aromatic heterocycles. The van der Waals surface area contributed by atoms with Crippen LogP contribution in [0.2, 0.25) is 0 Å². The van der Waals surface area contributed by atoms with Gasteiger partial charge in [0.05, 0.1) is 13.2 Å². The third-order valence-electron chi connectivity index (χ3n) is 1.72. The van der Waals surface area contributed by atoms with E-state index in [1.165, 1.54) is 0 Å². The number of hydrogen-bond acceptors (Lipinski definition) is 5. The molecule has 16 heavy (non-hydrogen) atoms. The quantitative estimate of drug-likeness (QED) is 0.277. The van der Waals surface area contributed by atoms with E-state index in [9.17, 15) is 14.4 Å². The molecule has 0 bridgehead atoms. The molecular weight excluding hydrogens is 223 g/mol. The molecule has 0 spiro atoms. The second kappa shape index (κ2) is 11.1. The van der Waals surface area contributed by atoms with Crippen molar-refractivity contribution in [3.63, 3.8) is 0 Å². The van der Waals surface area contributed by atoms with Crippen LogP contribution in [0, 0.1) is 5.92 Å². The summed E-state index contributed by atoms with van der Waals surface area (Å²) in [7, 11) is 0. The largest absolute Gasteiger partial charge is 0.466 e. The molecule has 87 valence electrons. The second-order valence-corrected chi connectivity index (χ2v) is 2.84. The van der Waals surface area contributed by atoms with Gasteiger partial charge in [0.15, 0.2) is 0 Å². The van der Waals surface area contributed by atoms with Crippen LogP contribution in [0.25, 0.3) is 0 Å². The van der Waals surface area contributed by atoms with Gasteiger partial charge in [-0.3, -0.25) is 9.59 Å². The second-order valence-electron chi connectivity index (χ2n) is 2.84. The van der Waals surface area contributed by atoms with E-state index < -0.39 is 17.9 Å². The Morgan fingerprint density at radius 1 is 1.19 bits per heavy atom. The van der Waals surface area contributed by atoms with Gasteiger partial charge in [0.2, 0.25) is 0 Å². The van der Waals surface area contributed by atoms with Crippen molar-refractivity contribution in [1.82, 2.24) is 0 Å². The van der Waals surface area contributed by atoms with Gasteiger partial charge in [-0.1, -0.05) is 0 Å². The average Bonchev–Trinajstić information content (AvgIpc) is 2.19. The molecule has 0 aliphatic rings. The van der Waals surface area contributed by atoms with Crippen LogP contribution in [-0.2, 0) is 23.9 Å². The Kier molecular flexibility index (Phi) is 12.5. The van der Waals surface area contributed by atoms with Gasteiger partial charge in [-0.15, -0.1) is 0 Å². The van der Waals surface area contributed by atoms with Gasteiger partial charge >= 0.3 is 11.9 Å². The summed E-state index contributed by atoms with van der Waals surface area (Å²) in [5.74, 6) is -1.86. The van der Waals surface area contributed by atoms with Crippen LogP contribution in [0.1, 0.15) is 26.7 Å². The van der Waals surface area contributed by atoms with Gasteiger partial charge in [0.25, 0.3) is 0 Å². The minimum Gasteiger partial charge on any atom is -0.466 e. The summed E-state index contributed by atoms with van der Waals surface area (Å²) >= 11 is 0. The summed E-state index contributed by atoms with van der Waals surface area (Å²) in [6, 6.07) is 0. The molecule has 0 aromatic rings. The molecule has 1 unspecified atom stereocenters. The molecule has 5 nitrogen and oxygen atoms in total. The Bertz CT molecular complexity index is 229. The van der Waals surface area contributed by atoms with Crippen molar-refractivity contribution in [2.24, 2.45) is 5.92 Å². The van der Waals surface area contributed by atoms with E-state index in [1.807, 2.05) is 0 Å². The predicted octanol–water partition coefficient (Wildman–Crippen LogP) is 0.327. The van der Waals surface area contributed by atoms with Gasteiger partial charge in [0, 0.05) is 36.0 Å². The molecule has 0 saturated carbocycles. The normalized spacial score (nSPS) is 10.9. The molecule has 0 amide bonds. The van der Waals surface area contributed by atoms with Crippen LogP contribution in [0.3, 0.4) is 0 Å². The maximum Gasteiger partial charge on any atom is 0.316 e. The van der Waals surface area contributed by atoms with Crippen molar-refractivity contribution in [1.29, 1.82) is 0 Å². The Morgan fingerprint density at radius 3 is 2.19 bits per heavy atom. The number of carbonyl (C=O) groups excluding carboxylic acids is 3. The van der Waals surface area contributed by atoms with E-state index in [-0.39, 0.29) is 49.0 Å². The first-order valence-corrected chi connectivity index (χ1v) is 4.93. The molecule has 6 heteroatoms. The summed E-state index contributed by atoms with van der Waals surface area (Å²) in [5, 5.41) is 0. The van der Waals surface area contributed by atoms with E-state index in [2.05, 4.69) is 9.47 Å². The van der Waals surface area contributed by atoms with Crippen molar-refractivity contribution in [3.8, 4) is 0 Å². The molecular formula is C10H16NaO5. The molecule has 0 aliphatic heterocycles. The van der Waals surface area contributed by atoms with Crippen LogP contribution in [-0.4, -0.2) is 61.0 Å². The fourth-order valence-corrected chi connectivity index (χ4v) is 0.997. The van der Waals surface area contributed by atoms with Gasteiger partial charge in [0.1, 0.15) is 12.2 Å². The number of rotatable bonds is 7. The molecule has 0 aromatic carbocycles. The third kappa shape index (κ3) is 7.84. The number of hydrogen-bond donors (Lipinski definition) is 0. The first-order chi connectivity index (χ1) is 7.15. The summed E-state index contributed by atoms with van der Waals surface area (Å²) in [6.45, 7) is 3.87. The zero-order valence-corrected chi connectivity index (χ0v) is 12.0. The first-order valence-electron chi connectivity index (χ1n) is 4.93. The summed E-state index contributed by atoms with van der Waals surface area (Å²) in [5.41, 5.74) is 0. The van der Waals surface area contributed by atoms with Crippen LogP contribution >= 0.6 is 0 Å². The van der Waals surface area contributed by atoms with Crippen LogP contribution in [0.15, 0.2) is 0 Å². The fraction of sp³-hybridized carbons (Fsp3) is 0.700. The number of esters is 2. The third-order valence-corrected chi connectivity index (χ3v) is 1.72. The van der Waals surface area contributed by atoms with Crippen molar-refractivity contribution < 1.29 is 23.9 Å². The van der Waals surface area contributed by atoms with E-state index in [0.29, 0.717) is 12.9 Å². The molecule has 0 rings (SSSR count). The van der Waals surface area contributed by atoms with Gasteiger partial charge in [-0.05, 0) is 20.3 Å². The zero-order chi connectivity index (χ0) is 11.7. The maximum absolute atomic E-state index is 11.1. The Hall–Kier alpha value is -0.390. The maximum atomic E-state index is 11.1. The Labute approximate surface area is 117 Å². The molecule has 1 radical (unpaired) electrons. The fourth-order valence-electron chi connectivity index (χ4n) is 0.997. The molecule has 0 N–H and O–H groups in total. The number of ether oxygens (including phenoxy) is 2. The Morgan fingerprint density at radius 2 is 1.75 bits per heavy atom. The number of aldehydes is 1. The van der Waals surface area contributed by atoms with E-state index in [4.69, 9.17) is 0 Å². The van der Waals surface area contributed by atoms with Gasteiger partial charge in [-0.25, -0.2) is 0 Å². The van der Waals surface area contributed by atoms with E-state index >= 15 is 0 Å². The molecule has 0 heterocycles. The van der Waals surface area contributed by atoms with Crippen LogP contribution < -0.4 is 0 Å². The number of carbonyl (C=O) groups is 3. The van der Waals surface area contributed by atoms with Gasteiger partial charge < -0.3 is 14.3 Å². The molecule has 0 aliphatic carbocycles. The van der Waals surface area contributed by atoms with Crippen LogP contribution in [0.5, 0.6) is 0 Å². The molecule has 0 saturated heterocycles. The smallest absolute Gasteiger partial charge is 0.316 e. The minimum absolute atomic E-state index is 0. The van der Waals surface area contributed by atoms with E-state index in [0.717, 1.165) is 0 Å². The molecule has 1 atom stereocenters. The van der Waals surface area contributed by atoms with E-state index in [1.54, 1.807) is 13.8 Å². The average molecular weight is 239 g/mol. The Balaban J connectivity index is 0. The van der Waals surface area contributed by atoms with Crippen molar-refractivity contribution in [3.05, 3.63) is 0 Å². The van der Waals surface area contributed by atoms with Crippen molar-refractivity contribution in [2.75, 3.05) is 13.2 Å². The van der Waals surface area contributed by atoms with Crippen molar-refractivity contribution in [2.45, 2.75) is 26.7 Å². The first kappa shape index (κ1) is 18.0. The predicted molar refractivity (Wildman–Crippen MR) is 57.8 cm³/mol. The zero-order valence-electron chi connectivity index (χ0n) is 10.0. The monoisotopic (exact) mass is 239 g/mol. The van der Waals surface area contributed by atoms with Crippen molar-refractivity contribution >= 4 is 47.8 Å². The summed E-state index contributed by atoms with van der Waals surface area (Å²) in [6.07, 6.45) is 0.689. The summed E-state index contributed by atoms with van der Waals surface area (Å²) in [4.78, 5) is 32.6. The minimum atomic E-state index is -0.866. The molecule has 0 fully saturated rings. The SMILES string of the molecule is CCOC(=O)CCC(C=O)C(=O)OCC.[Na]. The summed E-state index contributed by atoms with van der Waals surface area (Å²) < 4.78 is 9.33. The topological polar surface area (TPSA) is 69.7 Å².